The van der Waals surface area contributed by atoms with Crippen molar-refractivity contribution in [3.8, 4) is 0 Å². The Morgan fingerprint density at radius 1 is 0.500 bits per heavy atom. The van der Waals surface area contributed by atoms with Gasteiger partial charge in [-0.25, -0.2) is 0 Å². The molecule has 0 spiro atoms. The maximum atomic E-state index is 6.75. The molecule has 0 N–H and O–H groups in total. The molecule has 0 rings (SSSR count). The minimum atomic E-state index is 0. The molecular formula is N9Tb. The Labute approximate surface area is 86.1 Å². The second-order valence-electron chi connectivity index (χ2n) is 0.268. The van der Waals surface area contributed by atoms with Crippen molar-refractivity contribution in [1.29, 1.82) is 0 Å². The van der Waals surface area contributed by atoms with Gasteiger partial charge in [0.05, 0.1) is 0 Å². The third-order valence-corrected chi connectivity index (χ3v) is 0. The fourth-order valence-corrected chi connectivity index (χ4v) is 0. The summed E-state index contributed by atoms with van der Waals surface area (Å²) in [5.41, 5.74) is 40.5. The van der Waals surface area contributed by atoms with E-state index in [9.17, 15) is 0 Å². The molecule has 0 bridgehead atoms. The van der Waals surface area contributed by atoms with E-state index in [4.69, 9.17) is 33.2 Å². The van der Waals surface area contributed by atoms with Crippen molar-refractivity contribution in [2.75, 3.05) is 0 Å². The summed E-state index contributed by atoms with van der Waals surface area (Å²) in [7, 11) is 0. The number of nitrogens with zero attached hydrogens (tertiary/aromatic N) is 9. The van der Waals surface area contributed by atoms with Crippen LogP contribution in [0, 0.1) is 38.6 Å². The Hall–Kier alpha value is -0.784. The van der Waals surface area contributed by atoms with Crippen molar-refractivity contribution in [2.24, 2.45) is 0 Å². The maximum absolute atomic E-state index is 6.75. The minimum absolute atomic E-state index is 0. The third-order valence-electron chi connectivity index (χ3n) is 0. The average molecular weight is 285 g/mol. The van der Waals surface area contributed by atoms with Crippen molar-refractivity contribution in [3.63, 3.8) is 0 Å². The first-order chi connectivity index (χ1) is 4.24. The average Bonchev–Trinajstić information content (AvgIpc) is 1.70. The molecule has 0 aromatic carbocycles. The van der Waals surface area contributed by atoms with Crippen molar-refractivity contribution in [1.82, 2.24) is 0 Å². The van der Waals surface area contributed by atoms with Crippen LogP contribution in [0.5, 0.6) is 0 Å². The molecule has 0 saturated carbocycles. The summed E-state index contributed by atoms with van der Waals surface area (Å²) in [5, 5.41) is 0. The van der Waals surface area contributed by atoms with E-state index in [-0.39, 0.29) is 38.6 Å². The van der Waals surface area contributed by atoms with E-state index < -0.39 is 0 Å². The largest absolute Gasteiger partial charge is 3.00 e. The molecule has 0 saturated heterocycles. The van der Waals surface area contributed by atoms with Crippen LogP contribution in [-0.2, 0) is 0 Å². The summed E-state index contributed by atoms with van der Waals surface area (Å²) in [4.78, 5) is 4.50. The molecule has 0 aliphatic carbocycles. The van der Waals surface area contributed by atoms with E-state index in [1.54, 1.807) is 0 Å². The second-order valence-corrected chi connectivity index (χ2v) is 0.268. The fourth-order valence-electron chi connectivity index (χ4n) is 0. The molecule has 0 heterocycles. The smallest absolute Gasteiger partial charge is 0.373 e. The molecule has 0 aliphatic rings. The van der Waals surface area contributed by atoms with E-state index >= 15 is 0 Å². The van der Waals surface area contributed by atoms with Crippen LogP contribution in [0.15, 0.2) is 0 Å². The summed E-state index contributed by atoms with van der Waals surface area (Å²) in [6.07, 6.45) is 0. The van der Waals surface area contributed by atoms with Gasteiger partial charge in [0.25, 0.3) is 0 Å². The summed E-state index contributed by atoms with van der Waals surface area (Å²) in [6.45, 7) is 0. The number of hydrogen-bond acceptors (Lipinski definition) is 0. The van der Waals surface area contributed by atoms with Crippen molar-refractivity contribution < 1.29 is 38.6 Å². The standard InChI is InChI=1S/3N3.Tb/c3*1-3-2;/q3*-1;+3. The van der Waals surface area contributed by atoms with E-state index in [0.717, 1.165) is 0 Å². The van der Waals surface area contributed by atoms with E-state index in [1.165, 1.54) is 14.7 Å². The van der Waals surface area contributed by atoms with Crippen LogP contribution in [0.3, 0.4) is 0 Å². The number of rotatable bonds is 0. The molecule has 54 valence electrons. The van der Waals surface area contributed by atoms with Gasteiger partial charge in [0.2, 0.25) is 0 Å². The van der Waals surface area contributed by atoms with E-state index in [1.807, 2.05) is 0 Å². The predicted molar refractivity (Wildman–Crippen MR) is 30.2 cm³/mol. The SMILES string of the molecule is [N-]=[N+]=[N-].[N-]=[N+]=[N-].[N-]=[N+]=[N-].[Tb+3]. The van der Waals surface area contributed by atoms with Crippen LogP contribution in [0.25, 0.3) is 47.9 Å². The summed E-state index contributed by atoms with van der Waals surface area (Å²) in [6, 6.07) is 0. The van der Waals surface area contributed by atoms with Gasteiger partial charge in [-0.2, -0.15) is 0 Å². The zero-order chi connectivity index (χ0) is 8.12. The zero-order valence-corrected chi connectivity index (χ0v) is 6.50. The normalized spacial score (nSPS) is 2.40. The molecule has 10 heavy (non-hydrogen) atoms. The van der Waals surface area contributed by atoms with Crippen molar-refractivity contribution >= 4 is 0 Å². The first kappa shape index (κ1) is 22.9. The quantitative estimate of drug-likeness (QED) is 0.361. The van der Waals surface area contributed by atoms with Crippen LogP contribution < -0.4 is 0 Å². The van der Waals surface area contributed by atoms with Gasteiger partial charge < -0.3 is 33.2 Å². The predicted octanol–water partition coefficient (Wildman–Crippen LogP) is 2.60. The van der Waals surface area contributed by atoms with Crippen molar-refractivity contribution in [2.45, 2.75) is 0 Å². The molecule has 0 aliphatic heterocycles. The van der Waals surface area contributed by atoms with Gasteiger partial charge in [-0.05, 0) is 0 Å². The monoisotopic (exact) mass is 285 g/mol. The molecule has 0 radical (unpaired) electrons. The van der Waals surface area contributed by atoms with Gasteiger partial charge in [-0.3, -0.25) is 14.7 Å². The van der Waals surface area contributed by atoms with Gasteiger partial charge >= 0.3 is 38.6 Å². The molecule has 9 nitrogen and oxygen atoms in total. The van der Waals surface area contributed by atoms with Gasteiger partial charge in [0.1, 0.15) is 0 Å². The van der Waals surface area contributed by atoms with Gasteiger partial charge in [-0.1, -0.05) is 0 Å². The van der Waals surface area contributed by atoms with Crippen LogP contribution in [-0.4, -0.2) is 0 Å². The van der Waals surface area contributed by atoms with Crippen LogP contribution >= 0.6 is 0 Å². The molecular weight excluding hydrogens is 285 g/mol. The third kappa shape index (κ3) is 453. The zero-order valence-electron chi connectivity index (χ0n) is 4.36. The molecule has 0 fully saturated rings. The summed E-state index contributed by atoms with van der Waals surface area (Å²) in [5.74, 6) is 0. The van der Waals surface area contributed by atoms with Crippen LogP contribution in [0.1, 0.15) is 0 Å². The molecule has 0 atom stereocenters. The van der Waals surface area contributed by atoms with Crippen LogP contribution in [0.2, 0.25) is 0 Å². The number of hydrogen-bond donors (Lipinski definition) is 0. The topological polar surface area (TPSA) is 176 Å². The summed E-state index contributed by atoms with van der Waals surface area (Å²) >= 11 is 0. The van der Waals surface area contributed by atoms with Gasteiger partial charge in [0, 0.05) is 0 Å². The van der Waals surface area contributed by atoms with Crippen LogP contribution in [0.4, 0.5) is 0 Å². The second kappa shape index (κ2) is 87.1. The van der Waals surface area contributed by atoms with E-state index in [2.05, 4.69) is 0 Å². The first-order valence-electron chi connectivity index (χ1n) is 1.20. The molecule has 0 aromatic heterocycles. The fraction of sp³-hybridized carbons (Fsp3) is 0. The minimum Gasteiger partial charge on any atom is -0.373 e. The van der Waals surface area contributed by atoms with E-state index in [0.29, 0.717) is 0 Å². The van der Waals surface area contributed by atoms with Crippen molar-refractivity contribution in [3.05, 3.63) is 47.9 Å². The Morgan fingerprint density at radius 2 is 0.500 bits per heavy atom. The Balaban J connectivity index is -0.0000000257. The molecule has 10 heteroatoms. The maximum Gasteiger partial charge on any atom is 3.00 e. The Morgan fingerprint density at radius 3 is 0.500 bits per heavy atom. The molecule has 0 aromatic rings. The summed E-state index contributed by atoms with van der Waals surface area (Å²) < 4.78 is 0. The Kier molecular flexibility index (Phi) is 199. The van der Waals surface area contributed by atoms with Gasteiger partial charge in [0.15, 0.2) is 0 Å². The van der Waals surface area contributed by atoms with Gasteiger partial charge in [-0.15, -0.1) is 0 Å². The Bertz CT molecular complexity index is 96.3. The molecule has 0 amide bonds. The molecule has 0 unspecified atom stereocenters. The first-order valence-corrected chi connectivity index (χ1v) is 1.20.